The van der Waals surface area contributed by atoms with Crippen LogP contribution in [-0.4, -0.2) is 12.4 Å². The Labute approximate surface area is 184 Å². The van der Waals surface area contributed by atoms with Crippen LogP contribution in [0.3, 0.4) is 0 Å². The van der Waals surface area contributed by atoms with Gasteiger partial charge in [-0.1, -0.05) is 72.8 Å². The second-order valence-corrected chi connectivity index (χ2v) is 8.21. The molecule has 3 nitrogen and oxygen atoms in total. The van der Waals surface area contributed by atoms with Crippen molar-refractivity contribution >= 4 is 34.7 Å². The van der Waals surface area contributed by atoms with Gasteiger partial charge in [-0.2, -0.15) is 13.2 Å². The number of halogens is 5. The maximum absolute atomic E-state index is 13.0. The molecular formula is C22H24Cl2F3N3. The van der Waals surface area contributed by atoms with Gasteiger partial charge in [0.1, 0.15) is 5.84 Å². The van der Waals surface area contributed by atoms with E-state index in [4.69, 9.17) is 28.2 Å². The highest BCUT2D eigenvalue weighted by atomic mass is 35.5. The summed E-state index contributed by atoms with van der Waals surface area (Å²) in [6.07, 6.45) is 0.645. The highest BCUT2D eigenvalue weighted by Crippen LogP contribution is 2.41. The maximum atomic E-state index is 13.0. The van der Waals surface area contributed by atoms with E-state index < -0.39 is 11.7 Å². The Morgan fingerprint density at radius 3 is 2.17 bits per heavy atom. The summed E-state index contributed by atoms with van der Waals surface area (Å²) >= 11 is 12.2. The topological polar surface area (TPSA) is 36.4 Å². The van der Waals surface area contributed by atoms with Crippen molar-refractivity contribution in [2.24, 2.45) is 4.99 Å². The van der Waals surface area contributed by atoms with Crippen LogP contribution < -0.4 is 10.9 Å². The van der Waals surface area contributed by atoms with Crippen molar-refractivity contribution in [1.82, 2.24) is 5.43 Å². The number of anilines is 1. The van der Waals surface area contributed by atoms with E-state index in [1.807, 2.05) is 25.1 Å². The lowest BCUT2D eigenvalue weighted by Crippen LogP contribution is -2.48. The Hall–Kier alpha value is -1.92. The van der Waals surface area contributed by atoms with E-state index in [-0.39, 0.29) is 21.1 Å². The van der Waals surface area contributed by atoms with Gasteiger partial charge in [-0.05, 0) is 37.5 Å². The van der Waals surface area contributed by atoms with E-state index in [0.717, 1.165) is 55.6 Å². The minimum absolute atomic E-state index is 0.115. The molecule has 1 fully saturated rings. The van der Waals surface area contributed by atoms with Gasteiger partial charge in [-0.15, -0.1) is 0 Å². The van der Waals surface area contributed by atoms with E-state index in [0.29, 0.717) is 6.54 Å². The average molecular weight is 458 g/mol. The van der Waals surface area contributed by atoms with Crippen molar-refractivity contribution in [2.45, 2.75) is 50.6 Å². The zero-order valence-electron chi connectivity index (χ0n) is 16.6. The predicted octanol–water partition coefficient (Wildman–Crippen LogP) is 7.25. The Morgan fingerprint density at radius 2 is 1.63 bits per heavy atom. The van der Waals surface area contributed by atoms with Gasteiger partial charge < -0.3 is 0 Å². The highest BCUT2D eigenvalue weighted by molar-refractivity contribution is 6.39. The fourth-order valence-corrected chi connectivity index (χ4v) is 4.60. The summed E-state index contributed by atoms with van der Waals surface area (Å²) in [5, 5.41) is -0.230. The molecule has 0 spiro atoms. The third-order valence-electron chi connectivity index (χ3n) is 5.48. The van der Waals surface area contributed by atoms with Gasteiger partial charge in [0.05, 0.1) is 26.7 Å². The summed E-state index contributed by atoms with van der Waals surface area (Å²) in [5.74, 6) is 0.739. The molecule has 162 valence electrons. The fourth-order valence-electron chi connectivity index (χ4n) is 4.02. The summed E-state index contributed by atoms with van der Waals surface area (Å²) in [6, 6.07) is 11.9. The summed E-state index contributed by atoms with van der Waals surface area (Å²) in [6.45, 7) is 2.51. The van der Waals surface area contributed by atoms with Gasteiger partial charge in [0.2, 0.25) is 0 Å². The van der Waals surface area contributed by atoms with Crippen LogP contribution >= 0.6 is 23.2 Å². The number of alkyl halides is 3. The van der Waals surface area contributed by atoms with Crippen LogP contribution in [0.25, 0.3) is 0 Å². The molecule has 0 unspecified atom stereocenters. The molecule has 30 heavy (non-hydrogen) atoms. The minimum atomic E-state index is -4.52. The third kappa shape index (κ3) is 4.86. The number of hydrogen-bond acceptors (Lipinski definition) is 2. The molecule has 1 saturated carbocycles. The molecule has 8 heteroatoms. The lowest BCUT2D eigenvalue weighted by molar-refractivity contribution is -0.137. The molecule has 1 aliphatic rings. The monoisotopic (exact) mass is 457 g/mol. The van der Waals surface area contributed by atoms with Gasteiger partial charge >= 0.3 is 6.18 Å². The molecule has 0 bridgehead atoms. The first-order valence-corrected chi connectivity index (χ1v) is 10.7. The van der Waals surface area contributed by atoms with Gasteiger partial charge in [-0.25, -0.2) is 0 Å². The molecule has 2 aromatic rings. The summed E-state index contributed by atoms with van der Waals surface area (Å²) in [4.78, 5) is 4.70. The van der Waals surface area contributed by atoms with E-state index in [1.54, 1.807) is 0 Å². The summed E-state index contributed by atoms with van der Waals surface area (Å²) in [5.41, 5.74) is 6.22. The van der Waals surface area contributed by atoms with E-state index in [9.17, 15) is 13.2 Å². The van der Waals surface area contributed by atoms with Crippen LogP contribution in [0.1, 0.15) is 50.2 Å². The lowest BCUT2D eigenvalue weighted by atomic mass is 9.68. The molecule has 0 aliphatic heterocycles. The Kier molecular flexibility index (Phi) is 7.19. The molecule has 0 amide bonds. The zero-order valence-corrected chi connectivity index (χ0v) is 18.1. The second-order valence-electron chi connectivity index (χ2n) is 7.39. The van der Waals surface area contributed by atoms with Crippen molar-refractivity contribution < 1.29 is 13.2 Å². The fraction of sp³-hybridized carbons (Fsp3) is 0.409. The Bertz CT molecular complexity index is 869. The molecule has 1 aliphatic carbocycles. The normalized spacial score (nSPS) is 16.9. The zero-order chi connectivity index (χ0) is 21.8. The van der Waals surface area contributed by atoms with E-state index in [1.165, 1.54) is 0 Å². The molecule has 0 atom stereocenters. The Balaban J connectivity index is 1.92. The average Bonchev–Trinajstić information content (AvgIpc) is 2.72. The van der Waals surface area contributed by atoms with Crippen molar-refractivity contribution in [3.8, 4) is 0 Å². The molecule has 0 heterocycles. The Morgan fingerprint density at radius 1 is 1.03 bits per heavy atom. The third-order valence-corrected chi connectivity index (χ3v) is 6.07. The molecule has 2 aromatic carbocycles. The van der Waals surface area contributed by atoms with Crippen LogP contribution in [-0.2, 0) is 11.6 Å². The number of nitrogens with one attached hydrogen (secondary N) is 2. The predicted molar refractivity (Wildman–Crippen MR) is 117 cm³/mol. The first-order chi connectivity index (χ1) is 14.3. The van der Waals surface area contributed by atoms with Gasteiger partial charge in [-0.3, -0.25) is 15.8 Å². The number of amidine groups is 1. The van der Waals surface area contributed by atoms with Crippen molar-refractivity contribution in [2.75, 3.05) is 12.0 Å². The van der Waals surface area contributed by atoms with Crippen LogP contribution in [0.2, 0.25) is 10.0 Å². The summed E-state index contributed by atoms with van der Waals surface area (Å²) in [7, 11) is 0. The van der Waals surface area contributed by atoms with Gasteiger partial charge in [0.15, 0.2) is 0 Å². The number of aliphatic imine (C=N–C) groups is 1. The van der Waals surface area contributed by atoms with Crippen LogP contribution in [0.4, 0.5) is 18.9 Å². The van der Waals surface area contributed by atoms with Crippen LogP contribution in [0.15, 0.2) is 47.5 Å². The number of rotatable bonds is 5. The molecule has 3 rings (SSSR count). The second kappa shape index (κ2) is 9.48. The first-order valence-electron chi connectivity index (χ1n) is 9.96. The first kappa shape index (κ1) is 22.8. The smallest absolute Gasteiger partial charge is 0.297 e. The SMILES string of the molecule is CCN=C(NNc1c(Cl)cc(C(F)(F)F)cc1Cl)C1(c2ccccc2)CCCCC1. The number of hydrogen-bond donors (Lipinski definition) is 2. The van der Waals surface area contributed by atoms with Gasteiger partial charge in [0.25, 0.3) is 0 Å². The molecule has 0 radical (unpaired) electrons. The highest BCUT2D eigenvalue weighted by Gasteiger charge is 2.39. The number of hydrazine groups is 1. The minimum Gasteiger partial charge on any atom is -0.297 e. The van der Waals surface area contributed by atoms with Crippen LogP contribution in [0.5, 0.6) is 0 Å². The molecule has 0 saturated heterocycles. The lowest BCUT2D eigenvalue weighted by Gasteiger charge is -2.39. The standard InChI is InChI=1S/C22H24Cl2F3N3/c1-2-28-20(21(11-7-4-8-12-21)15-9-5-3-6-10-15)30-29-19-17(23)13-16(14-18(19)24)22(25,26)27/h3,5-6,9-10,13-14,29H,2,4,7-8,11-12H2,1H3,(H,28,30). The van der Waals surface area contributed by atoms with Crippen molar-refractivity contribution in [3.05, 3.63) is 63.6 Å². The molecule has 2 N–H and O–H groups in total. The largest absolute Gasteiger partial charge is 0.416 e. The summed E-state index contributed by atoms with van der Waals surface area (Å²) < 4.78 is 39.0. The van der Waals surface area contributed by atoms with E-state index >= 15 is 0 Å². The number of nitrogens with zero attached hydrogens (tertiary/aromatic N) is 1. The van der Waals surface area contributed by atoms with Gasteiger partial charge in [0, 0.05) is 6.54 Å². The molecular weight excluding hydrogens is 434 g/mol. The number of benzene rings is 2. The van der Waals surface area contributed by atoms with Crippen molar-refractivity contribution in [3.63, 3.8) is 0 Å². The van der Waals surface area contributed by atoms with Crippen molar-refractivity contribution in [1.29, 1.82) is 0 Å². The quantitative estimate of drug-likeness (QED) is 0.281. The molecule has 0 aromatic heterocycles. The maximum Gasteiger partial charge on any atom is 0.416 e. The van der Waals surface area contributed by atoms with Crippen LogP contribution in [0, 0.1) is 0 Å². The van der Waals surface area contributed by atoms with E-state index in [2.05, 4.69) is 23.0 Å².